The first kappa shape index (κ1) is 22.0. The minimum absolute atomic E-state index is 1.10. The van der Waals surface area contributed by atoms with E-state index in [1.54, 1.807) is 0 Å². The molecule has 0 radical (unpaired) electrons. The first-order chi connectivity index (χ1) is 17.6. The van der Waals surface area contributed by atoms with Crippen LogP contribution in [0.5, 0.6) is 0 Å². The van der Waals surface area contributed by atoms with E-state index in [4.69, 9.17) is 0 Å². The lowest BCUT2D eigenvalue weighted by atomic mass is 9.79. The molecule has 6 aromatic rings. The maximum atomic E-state index is 2.42. The molecule has 7 rings (SSSR count). The molecule has 4 aromatic carbocycles. The van der Waals surface area contributed by atoms with Crippen molar-refractivity contribution in [3.05, 3.63) is 117 Å². The normalized spacial score (nSPS) is 12.1. The third kappa shape index (κ3) is 3.80. The van der Waals surface area contributed by atoms with Crippen LogP contribution in [-0.4, -0.2) is 0 Å². The summed E-state index contributed by atoms with van der Waals surface area (Å²) in [6.07, 6.45) is 4.43. The summed E-state index contributed by atoms with van der Waals surface area (Å²) >= 11 is 3.99. The van der Waals surface area contributed by atoms with E-state index in [-0.39, 0.29) is 0 Å². The lowest BCUT2D eigenvalue weighted by molar-refractivity contribution is 0.980. The maximum Gasteiger partial charge on any atom is 0.0430 e. The van der Waals surface area contributed by atoms with Gasteiger partial charge in [-0.1, -0.05) is 83.9 Å². The van der Waals surface area contributed by atoms with E-state index in [9.17, 15) is 0 Å². The van der Waals surface area contributed by atoms with Crippen molar-refractivity contribution in [1.29, 1.82) is 0 Å². The van der Waals surface area contributed by atoms with E-state index in [0.717, 1.165) is 25.7 Å². The van der Waals surface area contributed by atoms with Gasteiger partial charge in [0.25, 0.3) is 0 Å². The summed E-state index contributed by atoms with van der Waals surface area (Å²) in [4.78, 5) is 2.98. The molecule has 0 fully saturated rings. The number of rotatable bonds is 6. The summed E-state index contributed by atoms with van der Waals surface area (Å²) in [5, 5.41) is 2.79. The number of hydrogen-bond acceptors (Lipinski definition) is 2. The van der Waals surface area contributed by atoms with Crippen LogP contribution < -0.4 is 0 Å². The fourth-order valence-electron chi connectivity index (χ4n) is 5.49. The molecule has 176 valence electrons. The third-order valence-electron chi connectivity index (χ3n) is 7.58. The minimum Gasteiger partial charge on any atom is -0.140 e. The van der Waals surface area contributed by atoms with Crippen molar-refractivity contribution in [1.82, 2.24) is 0 Å². The molecule has 2 heteroatoms. The van der Waals surface area contributed by atoms with Gasteiger partial charge in [-0.15, -0.1) is 22.7 Å². The largest absolute Gasteiger partial charge is 0.140 e. The zero-order valence-corrected chi connectivity index (χ0v) is 22.4. The Morgan fingerprint density at radius 2 is 0.889 bits per heavy atom. The summed E-state index contributed by atoms with van der Waals surface area (Å²) in [7, 11) is 0. The molecule has 1 aliphatic carbocycles. The molecule has 1 aliphatic rings. The van der Waals surface area contributed by atoms with E-state index in [2.05, 4.69) is 98.8 Å². The smallest absolute Gasteiger partial charge is 0.0430 e. The average Bonchev–Trinajstić information content (AvgIpc) is 3.47. The van der Waals surface area contributed by atoms with Gasteiger partial charge in [-0.3, -0.25) is 0 Å². The van der Waals surface area contributed by atoms with Crippen molar-refractivity contribution in [2.45, 2.75) is 39.5 Å². The predicted octanol–water partition coefficient (Wildman–Crippen LogP) is 9.95. The van der Waals surface area contributed by atoms with E-state index >= 15 is 0 Å². The van der Waals surface area contributed by atoms with Gasteiger partial charge in [0.15, 0.2) is 0 Å². The van der Waals surface area contributed by atoms with Crippen LogP contribution in [0.1, 0.15) is 32.0 Å². The first-order valence-electron chi connectivity index (χ1n) is 12.8. The van der Waals surface area contributed by atoms with Crippen LogP contribution >= 0.6 is 22.7 Å². The number of hydrogen-bond donors (Lipinski definition) is 0. The van der Waals surface area contributed by atoms with Crippen molar-refractivity contribution in [2.75, 3.05) is 0 Å². The fourth-order valence-corrected chi connectivity index (χ4v) is 7.93. The molecule has 0 unspecified atom stereocenters. The van der Waals surface area contributed by atoms with Crippen molar-refractivity contribution in [3.8, 4) is 22.3 Å². The Balaban J connectivity index is 1.16. The molecule has 0 bridgehead atoms. The molecule has 0 nitrogen and oxygen atoms in total. The van der Waals surface area contributed by atoms with Crippen molar-refractivity contribution in [3.63, 3.8) is 0 Å². The van der Waals surface area contributed by atoms with E-state index < -0.39 is 0 Å². The number of aryl methyl sites for hydroxylation is 6. The SMILES string of the molecule is Cc1ccc(CCc2cc3ccc4c(c3s2)-c2ccc3cc(CCc5ccc(C)cc5)sc3c2-4)cc1. The van der Waals surface area contributed by atoms with Crippen LogP contribution in [0.15, 0.2) is 84.9 Å². The number of fused-ring (bicyclic) bond motifs is 8. The van der Waals surface area contributed by atoms with Crippen LogP contribution in [0.3, 0.4) is 0 Å². The molecule has 2 heterocycles. The highest BCUT2D eigenvalue weighted by Crippen LogP contribution is 2.56. The average molecular weight is 501 g/mol. The second kappa shape index (κ2) is 8.73. The molecule has 0 atom stereocenters. The monoisotopic (exact) mass is 500 g/mol. The fraction of sp³-hybridized carbons (Fsp3) is 0.176. The molecule has 0 spiro atoms. The molecule has 0 N–H and O–H groups in total. The molecule has 2 aromatic heterocycles. The first-order valence-corrected chi connectivity index (χ1v) is 14.5. The van der Waals surface area contributed by atoms with Crippen LogP contribution in [0.4, 0.5) is 0 Å². The third-order valence-corrected chi connectivity index (χ3v) is 10.0. The van der Waals surface area contributed by atoms with E-state index in [1.165, 1.54) is 74.4 Å². The van der Waals surface area contributed by atoms with Crippen LogP contribution in [0, 0.1) is 13.8 Å². The molecule has 36 heavy (non-hydrogen) atoms. The number of thiophene rings is 2. The van der Waals surface area contributed by atoms with Gasteiger partial charge in [-0.25, -0.2) is 0 Å². The van der Waals surface area contributed by atoms with E-state index in [0.29, 0.717) is 0 Å². The van der Waals surface area contributed by atoms with Gasteiger partial charge in [0.05, 0.1) is 0 Å². The Bertz CT molecular complexity index is 1580. The molecular formula is C34H28S2. The van der Waals surface area contributed by atoms with Gasteiger partial charge in [-0.2, -0.15) is 0 Å². The Morgan fingerprint density at radius 3 is 1.31 bits per heavy atom. The summed E-state index contributed by atoms with van der Waals surface area (Å²) in [6.45, 7) is 4.31. The molecular weight excluding hydrogens is 473 g/mol. The molecule has 0 saturated carbocycles. The van der Waals surface area contributed by atoms with Gasteiger partial charge in [-0.05, 0) is 84.7 Å². The highest BCUT2D eigenvalue weighted by Gasteiger charge is 2.28. The van der Waals surface area contributed by atoms with Gasteiger partial charge in [0, 0.05) is 30.3 Å². The van der Waals surface area contributed by atoms with Crippen LogP contribution in [-0.2, 0) is 25.7 Å². The summed E-state index contributed by atoms with van der Waals surface area (Å²) in [5.74, 6) is 0. The highest BCUT2D eigenvalue weighted by molar-refractivity contribution is 7.20. The Morgan fingerprint density at radius 1 is 0.472 bits per heavy atom. The summed E-state index contributed by atoms with van der Waals surface area (Å²) < 4.78 is 2.93. The lowest BCUT2D eigenvalue weighted by Gasteiger charge is -2.25. The van der Waals surface area contributed by atoms with Crippen LogP contribution in [0.2, 0.25) is 0 Å². The zero-order chi connectivity index (χ0) is 24.2. The second-order valence-electron chi connectivity index (χ2n) is 10.2. The topological polar surface area (TPSA) is 0 Å². The maximum absolute atomic E-state index is 2.42. The minimum atomic E-state index is 1.10. The Labute approximate surface area is 220 Å². The van der Waals surface area contributed by atoms with E-state index in [1.807, 2.05) is 22.7 Å². The van der Waals surface area contributed by atoms with Crippen molar-refractivity contribution >= 4 is 42.8 Å². The standard InChI is InChI=1S/C34H28S2/c1-21-3-7-23(8-4-21)11-15-27-19-25-13-17-29-31(33(25)35-27)30-18-14-26-20-28(36-34(26)32(29)30)16-12-24-9-5-22(2)6-10-24/h3-10,13-14,17-20H,11-12,15-16H2,1-2H3. The zero-order valence-electron chi connectivity index (χ0n) is 20.7. The van der Waals surface area contributed by atoms with Crippen LogP contribution in [0.25, 0.3) is 42.4 Å². The van der Waals surface area contributed by atoms with Gasteiger partial charge >= 0.3 is 0 Å². The highest BCUT2D eigenvalue weighted by atomic mass is 32.1. The number of benzene rings is 4. The van der Waals surface area contributed by atoms with Crippen molar-refractivity contribution < 1.29 is 0 Å². The van der Waals surface area contributed by atoms with Gasteiger partial charge in [0.2, 0.25) is 0 Å². The Kier molecular flexibility index (Phi) is 5.34. The predicted molar refractivity (Wildman–Crippen MR) is 159 cm³/mol. The lowest BCUT2D eigenvalue weighted by Crippen LogP contribution is -1.98. The molecule has 0 saturated heterocycles. The quantitative estimate of drug-likeness (QED) is 0.213. The second-order valence-corrected chi connectivity index (χ2v) is 12.5. The molecule has 0 amide bonds. The van der Waals surface area contributed by atoms with Gasteiger partial charge in [0.1, 0.15) is 0 Å². The molecule has 0 aliphatic heterocycles. The van der Waals surface area contributed by atoms with Gasteiger partial charge < -0.3 is 0 Å². The summed E-state index contributed by atoms with van der Waals surface area (Å²) in [6, 6.07) is 32.2. The summed E-state index contributed by atoms with van der Waals surface area (Å²) in [5.41, 5.74) is 11.4. The van der Waals surface area contributed by atoms with Crippen molar-refractivity contribution in [2.24, 2.45) is 0 Å². The Hall–Kier alpha value is -3.20.